The Balaban J connectivity index is 0.996. The molecule has 4 nitrogen and oxygen atoms in total. The number of aromatic nitrogens is 4. The van der Waals surface area contributed by atoms with Gasteiger partial charge in [0.15, 0.2) is 17.5 Å². The molecule has 2 heterocycles. The Kier molecular flexibility index (Phi) is 10.2. The van der Waals surface area contributed by atoms with Crippen molar-refractivity contribution >= 4 is 21.8 Å². The molecule has 0 aliphatic carbocycles. The van der Waals surface area contributed by atoms with Crippen LogP contribution in [0.1, 0.15) is 0 Å². The van der Waals surface area contributed by atoms with Crippen LogP contribution in [-0.4, -0.2) is 19.5 Å². The summed E-state index contributed by atoms with van der Waals surface area (Å²) in [6.07, 6.45) is 0. The molecule has 4 heteroatoms. The summed E-state index contributed by atoms with van der Waals surface area (Å²) in [4.78, 5) is 15.7. The summed E-state index contributed by atoms with van der Waals surface area (Å²) in [6.45, 7) is 0. The number of nitrogens with zero attached hydrogens (tertiary/aromatic N) is 4. The molecule has 2 aromatic heterocycles. The Morgan fingerprint density at radius 3 is 0.955 bits per heavy atom. The van der Waals surface area contributed by atoms with Crippen LogP contribution in [0.2, 0.25) is 0 Å². The Hall–Kier alpha value is -8.99. The quantitative estimate of drug-likeness (QED) is 0.145. The Bertz CT molecular complexity index is 3620. The number of fused-ring (bicyclic) bond motifs is 3. The molecule has 0 unspecified atom stereocenters. The van der Waals surface area contributed by atoms with Gasteiger partial charge in [-0.15, -0.1) is 0 Å². The van der Waals surface area contributed by atoms with Crippen LogP contribution >= 0.6 is 0 Å². The van der Waals surface area contributed by atoms with E-state index in [9.17, 15) is 0 Å². The molecule has 0 fully saturated rings. The molecule has 0 aliphatic rings. The molecule has 0 N–H and O–H groups in total. The maximum atomic E-state index is 5.25. The number of hydrogen-bond acceptors (Lipinski definition) is 3. The predicted molar refractivity (Wildman–Crippen MR) is 278 cm³/mol. The molecule has 0 radical (unpaired) electrons. The van der Waals surface area contributed by atoms with Crippen molar-refractivity contribution in [2.75, 3.05) is 0 Å². The smallest absolute Gasteiger partial charge is 0.164 e. The van der Waals surface area contributed by atoms with Crippen molar-refractivity contribution in [1.29, 1.82) is 0 Å². The van der Waals surface area contributed by atoms with Crippen molar-refractivity contribution < 1.29 is 0 Å². The van der Waals surface area contributed by atoms with Crippen molar-refractivity contribution in [3.63, 3.8) is 0 Å². The van der Waals surface area contributed by atoms with Crippen LogP contribution in [0.15, 0.2) is 255 Å². The molecule has 10 aromatic carbocycles. The first-order valence-electron chi connectivity index (χ1n) is 22.7. The predicted octanol–water partition coefficient (Wildman–Crippen LogP) is 16.3. The molecule has 0 amide bonds. The molecule has 0 bridgehead atoms. The van der Waals surface area contributed by atoms with Gasteiger partial charge in [0, 0.05) is 33.2 Å². The summed E-state index contributed by atoms with van der Waals surface area (Å²) in [7, 11) is 0. The van der Waals surface area contributed by atoms with Gasteiger partial charge in [-0.2, -0.15) is 0 Å². The van der Waals surface area contributed by atoms with Crippen molar-refractivity contribution in [3.05, 3.63) is 255 Å². The third-order valence-corrected chi connectivity index (χ3v) is 12.7. The molecule has 0 atom stereocenters. The first-order valence-corrected chi connectivity index (χ1v) is 22.7. The molecule has 0 spiro atoms. The zero-order valence-electron chi connectivity index (χ0n) is 36.5. The van der Waals surface area contributed by atoms with Crippen LogP contribution in [0.3, 0.4) is 0 Å². The van der Waals surface area contributed by atoms with Crippen LogP contribution in [0.25, 0.3) is 117 Å². The van der Waals surface area contributed by atoms with E-state index in [1.165, 1.54) is 27.6 Å². The second-order valence-corrected chi connectivity index (χ2v) is 16.9. The van der Waals surface area contributed by atoms with E-state index in [4.69, 9.17) is 15.0 Å². The molecular formula is C63H42N4. The lowest BCUT2D eigenvalue weighted by atomic mass is 9.98. The minimum atomic E-state index is 0.606. The summed E-state index contributed by atoms with van der Waals surface area (Å²) in [5, 5.41) is 2.34. The zero-order valence-corrected chi connectivity index (χ0v) is 36.5. The van der Waals surface area contributed by atoms with Crippen molar-refractivity contribution in [3.8, 4) is 95.5 Å². The van der Waals surface area contributed by atoms with E-state index < -0.39 is 0 Å². The molecule has 314 valence electrons. The first kappa shape index (κ1) is 39.6. The largest absolute Gasteiger partial charge is 0.309 e. The van der Waals surface area contributed by atoms with Crippen molar-refractivity contribution in [2.24, 2.45) is 0 Å². The van der Waals surface area contributed by atoms with Crippen molar-refractivity contribution in [2.45, 2.75) is 0 Å². The molecule has 12 rings (SSSR count). The average molecular weight is 855 g/mol. The van der Waals surface area contributed by atoms with Gasteiger partial charge < -0.3 is 4.57 Å². The fourth-order valence-corrected chi connectivity index (χ4v) is 9.23. The SMILES string of the molecule is c1ccc(-c2ccc(-c3ccc(-c4nc(-c5ccc(-c6ccccc6)cc5)nc(-c5ccc6c7ccccc7n(-c7cc(-c8ccccc8)cc(-c8ccccc8)c7)c6c5)n4)cc3)cc2)cc1. The highest BCUT2D eigenvalue weighted by molar-refractivity contribution is 6.10. The van der Waals surface area contributed by atoms with Gasteiger partial charge in [0.05, 0.1) is 11.0 Å². The lowest BCUT2D eigenvalue weighted by Crippen LogP contribution is -2.01. The standard InChI is InChI=1S/C63H42N4/c1-5-15-43(16-6-1)47-25-27-49(28-26-47)50-31-35-52(36-32-50)62-64-61(51-33-29-48(30-34-51)44-17-7-2-8-18-44)65-63(66-62)53-37-38-58-57-23-13-14-24-59(57)67(60(58)42-53)56-40-54(45-19-9-3-10-20-45)39-55(41-56)46-21-11-4-12-22-46/h1-42H. The van der Waals surface area contributed by atoms with E-state index in [0.29, 0.717) is 17.5 Å². The van der Waals surface area contributed by atoms with E-state index in [0.717, 1.165) is 72.2 Å². The normalized spacial score (nSPS) is 11.3. The molecule has 67 heavy (non-hydrogen) atoms. The van der Waals surface area contributed by atoms with Gasteiger partial charge in [-0.1, -0.05) is 224 Å². The second kappa shape index (κ2) is 17.2. The highest BCUT2D eigenvalue weighted by Crippen LogP contribution is 2.38. The van der Waals surface area contributed by atoms with Gasteiger partial charge >= 0.3 is 0 Å². The van der Waals surface area contributed by atoms with Gasteiger partial charge in [-0.25, -0.2) is 15.0 Å². The van der Waals surface area contributed by atoms with Gasteiger partial charge in [0.1, 0.15) is 0 Å². The molecule has 0 aliphatic heterocycles. The van der Waals surface area contributed by atoms with E-state index in [2.05, 4.69) is 247 Å². The fourth-order valence-electron chi connectivity index (χ4n) is 9.23. The highest BCUT2D eigenvalue weighted by atomic mass is 15.0. The second-order valence-electron chi connectivity index (χ2n) is 16.9. The maximum Gasteiger partial charge on any atom is 0.164 e. The van der Waals surface area contributed by atoms with Gasteiger partial charge in [0.2, 0.25) is 0 Å². The Morgan fingerprint density at radius 1 is 0.209 bits per heavy atom. The van der Waals surface area contributed by atoms with E-state index in [1.807, 2.05) is 12.1 Å². The van der Waals surface area contributed by atoms with Crippen LogP contribution in [-0.2, 0) is 0 Å². The Labute approximate surface area is 389 Å². The lowest BCUT2D eigenvalue weighted by Gasteiger charge is -2.14. The van der Waals surface area contributed by atoms with Crippen LogP contribution in [0, 0.1) is 0 Å². The fraction of sp³-hybridized carbons (Fsp3) is 0. The summed E-state index contributed by atoms with van der Waals surface area (Å²) < 4.78 is 2.39. The number of hydrogen-bond donors (Lipinski definition) is 0. The first-order chi connectivity index (χ1) is 33.2. The molecule has 0 saturated carbocycles. The summed E-state index contributed by atoms with van der Waals surface area (Å²) >= 11 is 0. The molecule has 0 saturated heterocycles. The summed E-state index contributed by atoms with van der Waals surface area (Å²) in [6, 6.07) is 90.2. The third-order valence-electron chi connectivity index (χ3n) is 12.7. The van der Waals surface area contributed by atoms with Crippen LogP contribution < -0.4 is 0 Å². The molecule has 12 aromatic rings. The lowest BCUT2D eigenvalue weighted by molar-refractivity contribution is 1.07. The zero-order chi connectivity index (χ0) is 44.5. The highest BCUT2D eigenvalue weighted by Gasteiger charge is 2.18. The van der Waals surface area contributed by atoms with Crippen LogP contribution in [0.4, 0.5) is 0 Å². The monoisotopic (exact) mass is 854 g/mol. The van der Waals surface area contributed by atoms with Gasteiger partial charge in [0.25, 0.3) is 0 Å². The Morgan fingerprint density at radius 2 is 0.522 bits per heavy atom. The summed E-state index contributed by atoms with van der Waals surface area (Å²) in [5.74, 6) is 1.83. The topological polar surface area (TPSA) is 43.6 Å². The van der Waals surface area contributed by atoms with E-state index >= 15 is 0 Å². The maximum absolute atomic E-state index is 5.25. The van der Waals surface area contributed by atoms with Gasteiger partial charge in [-0.3, -0.25) is 0 Å². The minimum Gasteiger partial charge on any atom is -0.309 e. The van der Waals surface area contributed by atoms with E-state index in [-0.39, 0.29) is 0 Å². The average Bonchev–Trinajstić information content (AvgIpc) is 3.75. The number of benzene rings is 10. The molecular weight excluding hydrogens is 813 g/mol. The number of para-hydroxylation sites is 1. The number of rotatable bonds is 9. The summed E-state index contributed by atoms with van der Waals surface area (Å²) in [5.41, 5.74) is 17.6. The van der Waals surface area contributed by atoms with E-state index in [1.54, 1.807) is 0 Å². The third kappa shape index (κ3) is 7.77. The minimum absolute atomic E-state index is 0.606. The van der Waals surface area contributed by atoms with Gasteiger partial charge in [-0.05, 0) is 86.0 Å². The van der Waals surface area contributed by atoms with Crippen molar-refractivity contribution in [1.82, 2.24) is 19.5 Å². The van der Waals surface area contributed by atoms with Crippen LogP contribution in [0.5, 0.6) is 0 Å².